The number of hydrogen-bond acceptors (Lipinski definition) is 3. The molecule has 130 valence electrons. The highest BCUT2D eigenvalue weighted by molar-refractivity contribution is 5.73. The molecule has 1 aromatic rings. The van der Waals surface area contributed by atoms with Gasteiger partial charge in [0.1, 0.15) is 6.10 Å². The van der Waals surface area contributed by atoms with Crippen molar-refractivity contribution < 1.29 is 14.3 Å². The zero-order valence-electron chi connectivity index (χ0n) is 14.5. The number of nitrogens with zero attached hydrogens (tertiary/aromatic N) is 1. The second kappa shape index (κ2) is 7.82. The van der Waals surface area contributed by atoms with Crippen LogP contribution >= 0.6 is 0 Å². The third-order valence-corrected chi connectivity index (χ3v) is 5.42. The van der Waals surface area contributed by atoms with Crippen LogP contribution in [-0.4, -0.2) is 36.0 Å². The number of carbonyl (C=O) groups is 2. The van der Waals surface area contributed by atoms with Crippen molar-refractivity contribution >= 4 is 11.9 Å². The number of esters is 1. The van der Waals surface area contributed by atoms with Crippen molar-refractivity contribution in [3.8, 4) is 0 Å². The summed E-state index contributed by atoms with van der Waals surface area (Å²) in [6, 6.07) is 8.43. The third kappa shape index (κ3) is 4.37. The summed E-state index contributed by atoms with van der Waals surface area (Å²) < 4.78 is 5.70. The lowest BCUT2D eigenvalue weighted by molar-refractivity contribution is -0.150. The average molecular weight is 329 g/mol. The number of likely N-dealkylation sites (tertiary alicyclic amines) is 1. The number of piperidine rings is 1. The van der Waals surface area contributed by atoms with E-state index in [1.807, 2.05) is 4.90 Å². The van der Waals surface area contributed by atoms with Crippen LogP contribution in [-0.2, 0) is 27.2 Å². The minimum Gasteiger partial charge on any atom is -0.462 e. The summed E-state index contributed by atoms with van der Waals surface area (Å²) in [6.45, 7) is 3.28. The number of fused-ring (bicyclic) bond motifs is 1. The lowest BCUT2D eigenvalue weighted by Gasteiger charge is -2.31. The van der Waals surface area contributed by atoms with Gasteiger partial charge in [0.05, 0.1) is 0 Å². The molecule has 0 bridgehead atoms. The summed E-state index contributed by atoms with van der Waals surface area (Å²) in [6.07, 6.45) is 6.20. The molecule has 1 heterocycles. The molecule has 0 unspecified atom stereocenters. The first kappa shape index (κ1) is 17.0. The molecule has 2 aliphatic rings. The van der Waals surface area contributed by atoms with Crippen molar-refractivity contribution in [2.24, 2.45) is 5.92 Å². The predicted octanol–water partition coefficient (Wildman–Crippen LogP) is 3.13. The Morgan fingerprint density at radius 3 is 2.54 bits per heavy atom. The molecule has 0 aromatic heterocycles. The van der Waals surface area contributed by atoms with Gasteiger partial charge in [-0.2, -0.15) is 0 Å². The van der Waals surface area contributed by atoms with Crippen molar-refractivity contribution in [1.82, 2.24) is 4.90 Å². The molecule has 1 saturated heterocycles. The van der Waals surface area contributed by atoms with Gasteiger partial charge in [-0.3, -0.25) is 9.59 Å². The quantitative estimate of drug-likeness (QED) is 0.797. The van der Waals surface area contributed by atoms with E-state index in [1.165, 1.54) is 11.1 Å². The highest BCUT2D eigenvalue weighted by Crippen LogP contribution is 2.25. The van der Waals surface area contributed by atoms with E-state index in [4.69, 9.17) is 4.74 Å². The van der Waals surface area contributed by atoms with E-state index in [0.717, 1.165) is 51.6 Å². The Morgan fingerprint density at radius 1 is 1.12 bits per heavy atom. The van der Waals surface area contributed by atoms with Gasteiger partial charge in [-0.05, 0) is 49.1 Å². The van der Waals surface area contributed by atoms with E-state index in [-0.39, 0.29) is 18.0 Å². The first-order chi connectivity index (χ1) is 11.6. The summed E-state index contributed by atoms with van der Waals surface area (Å²) in [5, 5.41) is 0. The van der Waals surface area contributed by atoms with Crippen molar-refractivity contribution in [1.29, 1.82) is 0 Å². The van der Waals surface area contributed by atoms with Gasteiger partial charge in [0.15, 0.2) is 0 Å². The van der Waals surface area contributed by atoms with E-state index < -0.39 is 0 Å². The van der Waals surface area contributed by atoms with Gasteiger partial charge < -0.3 is 9.64 Å². The van der Waals surface area contributed by atoms with E-state index in [2.05, 4.69) is 24.3 Å². The maximum absolute atomic E-state index is 12.2. The van der Waals surface area contributed by atoms with E-state index in [9.17, 15) is 9.59 Å². The van der Waals surface area contributed by atoms with Crippen LogP contribution in [0.15, 0.2) is 24.3 Å². The van der Waals surface area contributed by atoms with Crippen LogP contribution in [0.25, 0.3) is 0 Å². The maximum atomic E-state index is 12.2. The monoisotopic (exact) mass is 329 g/mol. The van der Waals surface area contributed by atoms with Crippen LogP contribution in [0.1, 0.15) is 50.2 Å². The lowest BCUT2D eigenvalue weighted by Crippen LogP contribution is -2.37. The molecular formula is C20H27NO3. The summed E-state index contributed by atoms with van der Waals surface area (Å²) in [5.41, 5.74) is 2.71. The van der Waals surface area contributed by atoms with Gasteiger partial charge in [-0.25, -0.2) is 0 Å². The lowest BCUT2D eigenvalue weighted by atomic mass is 9.89. The van der Waals surface area contributed by atoms with Crippen LogP contribution in [0.3, 0.4) is 0 Å². The van der Waals surface area contributed by atoms with Gasteiger partial charge in [0, 0.05) is 32.9 Å². The Kier molecular flexibility index (Phi) is 5.54. The fourth-order valence-electron chi connectivity index (χ4n) is 3.87. The summed E-state index contributed by atoms with van der Waals surface area (Å²) >= 11 is 0. The number of carbonyl (C=O) groups excluding carboxylic acids is 2. The molecule has 1 aliphatic heterocycles. The molecule has 1 aliphatic carbocycles. The second-order valence-corrected chi connectivity index (χ2v) is 7.11. The molecule has 1 aromatic carbocycles. The topological polar surface area (TPSA) is 46.6 Å². The molecule has 0 radical (unpaired) electrons. The molecule has 24 heavy (non-hydrogen) atoms. The number of aryl methyl sites for hydroxylation is 1. The maximum Gasteiger partial charge on any atom is 0.306 e. The Hall–Kier alpha value is -1.84. The second-order valence-electron chi connectivity index (χ2n) is 7.11. The minimum absolute atomic E-state index is 0.0342. The third-order valence-electron chi connectivity index (χ3n) is 5.42. The smallest absolute Gasteiger partial charge is 0.306 e. The number of rotatable bonds is 4. The summed E-state index contributed by atoms with van der Waals surface area (Å²) in [7, 11) is 0. The molecular weight excluding hydrogens is 302 g/mol. The minimum atomic E-state index is -0.0617. The van der Waals surface area contributed by atoms with Crippen molar-refractivity contribution in [3.05, 3.63) is 35.4 Å². The van der Waals surface area contributed by atoms with Gasteiger partial charge in [0.2, 0.25) is 5.91 Å². The Morgan fingerprint density at radius 2 is 1.83 bits per heavy atom. The van der Waals surface area contributed by atoms with Crippen LogP contribution in [0.4, 0.5) is 0 Å². The molecule has 0 N–H and O–H groups in total. The van der Waals surface area contributed by atoms with E-state index in [0.29, 0.717) is 12.3 Å². The number of ether oxygens (including phenoxy) is 1. The molecule has 1 amide bonds. The highest BCUT2D eigenvalue weighted by Gasteiger charge is 2.24. The van der Waals surface area contributed by atoms with Crippen molar-refractivity contribution in [2.45, 2.75) is 58.0 Å². The van der Waals surface area contributed by atoms with Gasteiger partial charge in [-0.1, -0.05) is 24.3 Å². The summed E-state index contributed by atoms with van der Waals surface area (Å²) in [5.74, 6) is 0.638. The first-order valence-corrected chi connectivity index (χ1v) is 9.13. The zero-order valence-corrected chi connectivity index (χ0v) is 14.5. The molecule has 3 rings (SSSR count). The number of benzene rings is 1. The highest BCUT2D eigenvalue weighted by atomic mass is 16.5. The normalized spacial score (nSPS) is 21.2. The molecule has 1 atom stereocenters. The number of amides is 1. The molecule has 0 spiro atoms. The largest absolute Gasteiger partial charge is 0.462 e. The van der Waals surface area contributed by atoms with Crippen LogP contribution in [0, 0.1) is 5.92 Å². The van der Waals surface area contributed by atoms with Crippen LogP contribution in [0.5, 0.6) is 0 Å². The molecule has 4 heteroatoms. The van der Waals surface area contributed by atoms with Crippen LogP contribution < -0.4 is 0 Å². The molecule has 1 fully saturated rings. The Bertz CT molecular complexity index is 590. The fraction of sp³-hybridized carbons (Fsp3) is 0.600. The fourth-order valence-corrected chi connectivity index (χ4v) is 3.87. The summed E-state index contributed by atoms with van der Waals surface area (Å²) in [4.78, 5) is 25.4. The van der Waals surface area contributed by atoms with Crippen LogP contribution in [0.2, 0.25) is 0 Å². The standard InChI is InChI=1S/C20H27NO3/c1-15(22)21-12-10-16(11-13-21)6-9-20(23)24-19-8-7-17-4-2-3-5-18(17)14-19/h2-5,16,19H,6-14H2,1H3/t19-/m0/s1. The van der Waals surface area contributed by atoms with E-state index in [1.54, 1.807) is 6.92 Å². The van der Waals surface area contributed by atoms with Crippen molar-refractivity contribution in [3.63, 3.8) is 0 Å². The SMILES string of the molecule is CC(=O)N1CCC(CCC(=O)O[C@H]2CCc3ccccc3C2)CC1. The first-order valence-electron chi connectivity index (χ1n) is 9.13. The van der Waals surface area contributed by atoms with Crippen molar-refractivity contribution in [2.75, 3.05) is 13.1 Å². The van der Waals surface area contributed by atoms with Gasteiger partial charge >= 0.3 is 5.97 Å². The Balaban J connectivity index is 1.39. The molecule has 4 nitrogen and oxygen atoms in total. The predicted molar refractivity (Wildman–Crippen MR) is 92.6 cm³/mol. The number of hydrogen-bond donors (Lipinski definition) is 0. The Labute approximate surface area is 144 Å². The average Bonchev–Trinajstić information content (AvgIpc) is 2.60. The van der Waals surface area contributed by atoms with E-state index >= 15 is 0 Å². The van der Waals surface area contributed by atoms with Gasteiger partial charge in [-0.15, -0.1) is 0 Å². The zero-order chi connectivity index (χ0) is 16.9. The van der Waals surface area contributed by atoms with Gasteiger partial charge in [0.25, 0.3) is 0 Å². The molecule has 0 saturated carbocycles.